The van der Waals surface area contributed by atoms with Gasteiger partial charge >= 0.3 is 0 Å². The second-order valence-corrected chi connectivity index (χ2v) is 8.18. The number of halogens is 1. The minimum absolute atomic E-state index is 0.0797. The third-order valence-electron chi connectivity index (χ3n) is 5.95. The van der Waals surface area contributed by atoms with E-state index in [4.69, 9.17) is 4.52 Å². The highest BCUT2D eigenvalue weighted by molar-refractivity contribution is 5.94. The lowest BCUT2D eigenvalue weighted by Gasteiger charge is -2.30. The maximum Gasteiger partial charge on any atom is 0.253 e. The molecule has 0 spiro atoms. The number of hydrogen-bond acceptors (Lipinski definition) is 4. The second kappa shape index (κ2) is 9.86. The van der Waals surface area contributed by atoms with Crippen LogP contribution < -0.4 is 0 Å². The number of nitrogens with zero attached hydrogens (tertiary/aromatic N) is 3. The molecule has 5 nitrogen and oxygen atoms in total. The number of aryl methyl sites for hydroxylation is 1. The van der Waals surface area contributed by atoms with E-state index in [0.717, 1.165) is 30.4 Å². The lowest BCUT2D eigenvalue weighted by molar-refractivity contribution is 0.0704. The normalized spacial score (nSPS) is 14.7. The van der Waals surface area contributed by atoms with Gasteiger partial charge in [0.15, 0.2) is 0 Å². The third-order valence-corrected chi connectivity index (χ3v) is 5.95. The molecule has 1 aromatic heterocycles. The Morgan fingerprint density at radius 2 is 1.77 bits per heavy atom. The van der Waals surface area contributed by atoms with Crippen molar-refractivity contribution < 1.29 is 13.7 Å². The zero-order valence-electron chi connectivity index (χ0n) is 17.9. The molecule has 1 aliphatic rings. The molecule has 1 amide bonds. The van der Waals surface area contributed by atoms with Crippen LogP contribution in [0, 0.1) is 5.82 Å². The molecule has 0 radical (unpaired) electrons. The summed E-state index contributed by atoms with van der Waals surface area (Å²) in [6, 6.07) is 14.1. The molecule has 1 aliphatic heterocycles. The summed E-state index contributed by atoms with van der Waals surface area (Å²) in [7, 11) is 0. The van der Waals surface area contributed by atoms with Crippen molar-refractivity contribution in [1.82, 2.24) is 15.0 Å². The second-order valence-electron chi connectivity index (χ2n) is 8.18. The summed E-state index contributed by atoms with van der Waals surface area (Å²) in [5.41, 5.74) is 2.76. The van der Waals surface area contributed by atoms with Crippen LogP contribution in [-0.2, 0) is 6.42 Å². The van der Waals surface area contributed by atoms with E-state index in [9.17, 15) is 9.18 Å². The van der Waals surface area contributed by atoms with Crippen LogP contribution in [0.1, 0.15) is 66.8 Å². The molecular formula is C25H28FN3O2. The van der Waals surface area contributed by atoms with E-state index < -0.39 is 0 Å². The van der Waals surface area contributed by atoms with Crippen molar-refractivity contribution in [2.24, 2.45) is 0 Å². The van der Waals surface area contributed by atoms with E-state index in [2.05, 4.69) is 29.2 Å². The Bertz CT molecular complexity index is 990. The molecule has 162 valence electrons. The molecule has 1 saturated heterocycles. The highest BCUT2D eigenvalue weighted by atomic mass is 19.1. The van der Waals surface area contributed by atoms with Crippen LogP contribution in [0.5, 0.6) is 0 Å². The van der Waals surface area contributed by atoms with Gasteiger partial charge in [-0.25, -0.2) is 4.39 Å². The predicted octanol–water partition coefficient (Wildman–Crippen LogP) is 5.63. The Labute approximate surface area is 182 Å². The number of likely N-dealkylation sites (tertiary alicyclic amines) is 1. The number of rotatable bonds is 7. The predicted molar refractivity (Wildman–Crippen MR) is 117 cm³/mol. The molecule has 6 heteroatoms. The first-order valence-electron chi connectivity index (χ1n) is 11.1. The summed E-state index contributed by atoms with van der Waals surface area (Å²) in [4.78, 5) is 19.3. The van der Waals surface area contributed by atoms with Crippen molar-refractivity contribution in [3.8, 4) is 11.4 Å². The Kier molecular flexibility index (Phi) is 6.75. The van der Waals surface area contributed by atoms with Gasteiger partial charge in [0.25, 0.3) is 5.91 Å². The highest BCUT2D eigenvalue weighted by Crippen LogP contribution is 2.29. The molecular weight excluding hydrogens is 393 g/mol. The third kappa shape index (κ3) is 5.19. The van der Waals surface area contributed by atoms with E-state index >= 15 is 0 Å². The van der Waals surface area contributed by atoms with Gasteiger partial charge in [-0.3, -0.25) is 4.79 Å². The molecule has 0 saturated carbocycles. The topological polar surface area (TPSA) is 59.2 Å². The van der Waals surface area contributed by atoms with Crippen LogP contribution in [0.2, 0.25) is 0 Å². The summed E-state index contributed by atoms with van der Waals surface area (Å²) in [6.45, 7) is 3.53. The number of piperidine rings is 1. The fourth-order valence-electron chi connectivity index (χ4n) is 4.02. The van der Waals surface area contributed by atoms with E-state index in [1.807, 2.05) is 17.0 Å². The van der Waals surface area contributed by atoms with Crippen molar-refractivity contribution in [2.75, 3.05) is 13.1 Å². The van der Waals surface area contributed by atoms with Gasteiger partial charge in [-0.2, -0.15) is 4.98 Å². The van der Waals surface area contributed by atoms with Gasteiger partial charge in [0, 0.05) is 30.1 Å². The first-order valence-corrected chi connectivity index (χ1v) is 11.1. The fraction of sp³-hybridized carbons (Fsp3) is 0.400. The molecule has 0 N–H and O–H groups in total. The molecule has 31 heavy (non-hydrogen) atoms. The summed E-state index contributed by atoms with van der Waals surface area (Å²) < 4.78 is 18.6. The number of aromatic nitrogens is 2. The van der Waals surface area contributed by atoms with Crippen molar-refractivity contribution in [3.63, 3.8) is 0 Å². The van der Waals surface area contributed by atoms with Crippen molar-refractivity contribution in [3.05, 3.63) is 71.4 Å². The van der Waals surface area contributed by atoms with Crippen LogP contribution in [-0.4, -0.2) is 34.0 Å². The van der Waals surface area contributed by atoms with Crippen LogP contribution in [0.4, 0.5) is 4.39 Å². The van der Waals surface area contributed by atoms with Crippen LogP contribution in [0.25, 0.3) is 11.4 Å². The van der Waals surface area contributed by atoms with E-state index in [1.54, 1.807) is 12.1 Å². The van der Waals surface area contributed by atoms with Crippen LogP contribution in [0.3, 0.4) is 0 Å². The number of benzene rings is 2. The zero-order valence-corrected chi connectivity index (χ0v) is 17.9. The van der Waals surface area contributed by atoms with Crippen molar-refractivity contribution in [1.29, 1.82) is 0 Å². The monoisotopic (exact) mass is 421 g/mol. The minimum atomic E-state index is -0.296. The summed E-state index contributed by atoms with van der Waals surface area (Å²) in [5.74, 6) is 0.966. The van der Waals surface area contributed by atoms with Gasteiger partial charge in [-0.15, -0.1) is 0 Å². The zero-order chi connectivity index (χ0) is 21.6. The van der Waals surface area contributed by atoms with Gasteiger partial charge in [0.2, 0.25) is 11.7 Å². The standard InChI is InChI=1S/C25H28FN3O2/c1-2-3-4-5-18-6-8-21(9-7-18)25(30)29-16-14-20(15-17-29)24-27-23(28-31-24)19-10-12-22(26)13-11-19/h6-13,20H,2-5,14-17H2,1H3. The van der Waals surface area contributed by atoms with Crippen LogP contribution >= 0.6 is 0 Å². The van der Waals surface area contributed by atoms with Gasteiger partial charge < -0.3 is 9.42 Å². The molecule has 0 bridgehead atoms. The Morgan fingerprint density at radius 3 is 2.45 bits per heavy atom. The number of carbonyl (C=O) groups is 1. The maximum atomic E-state index is 13.1. The molecule has 3 aromatic rings. The highest BCUT2D eigenvalue weighted by Gasteiger charge is 2.28. The number of carbonyl (C=O) groups excluding carboxylic acids is 1. The molecule has 4 rings (SSSR count). The number of hydrogen-bond donors (Lipinski definition) is 0. The average Bonchev–Trinajstić information content (AvgIpc) is 3.30. The summed E-state index contributed by atoms with van der Waals surface area (Å²) in [5, 5.41) is 4.04. The molecule has 1 fully saturated rings. The summed E-state index contributed by atoms with van der Waals surface area (Å²) >= 11 is 0. The molecule has 0 aliphatic carbocycles. The Hall–Kier alpha value is -3.02. The lowest BCUT2D eigenvalue weighted by atomic mass is 9.96. The molecule has 2 heterocycles. The van der Waals surface area contributed by atoms with Gasteiger partial charge in [0.1, 0.15) is 5.82 Å². The largest absolute Gasteiger partial charge is 0.339 e. The molecule has 0 unspecified atom stereocenters. The first-order chi connectivity index (χ1) is 15.1. The van der Waals surface area contributed by atoms with Crippen molar-refractivity contribution in [2.45, 2.75) is 51.4 Å². The molecule has 2 aromatic carbocycles. The minimum Gasteiger partial charge on any atom is -0.339 e. The SMILES string of the molecule is CCCCCc1ccc(C(=O)N2CCC(c3nc(-c4ccc(F)cc4)no3)CC2)cc1. The smallest absolute Gasteiger partial charge is 0.253 e. The number of amides is 1. The van der Waals surface area contributed by atoms with Gasteiger partial charge in [-0.1, -0.05) is 37.1 Å². The van der Waals surface area contributed by atoms with E-state index in [1.165, 1.54) is 37.0 Å². The van der Waals surface area contributed by atoms with Gasteiger partial charge in [0.05, 0.1) is 0 Å². The van der Waals surface area contributed by atoms with Crippen LogP contribution in [0.15, 0.2) is 53.1 Å². The Balaban J connectivity index is 1.32. The van der Waals surface area contributed by atoms with E-state index in [0.29, 0.717) is 24.8 Å². The maximum absolute atomic E-state index is 13.1. The fourth-order valence-corrected chi connectivity index (χ4v) is 4.02. The van der Waals surface area contributed by atoms with Crippen molar-refractivity contribution >= 4 is 5.91 Å². The lowest BCUT2D eigenvalue weighted by Crippen LogP contribution is -2.38. The molecule has 0 atom stereocenters. The number of unbranched alkanes of at least 4 members (excludes halogenated alkanes) is 2. The summed E-state index contributed by atoms with van der Waals surface area (Å²) in [6.07, 6.45) is 6.27. The quantitative estimate of drug-likeness (QED) is 0.464. The van der Waals surface area contributed by atoms with E-state index in [-0.39, 0.29) is 17.6 Å². The van der Waals surface area contributed by atoms with Gasteiger partial charge in [-0.05, 0) is 67.6 Å². The first kappa shape index (κ1) is 21.2. The average molecular weight is 422 g/mol. The Morgan fingerprint density at radius 1 is 1.06 bits per heavy atom.